The van der Waals surface area contributed by atoms with Gasteiger partial charge in [0, 0.05) is 29.2 Å². The molecule has 4 aromatic rings. The van der Waals surface area contributed by atoms with E-state index in [9.17, 15) is 10.1 Å². The summed E-state index contributed by atoms with van der Waals surface area (Å²) in [5.41, 5.74) is 3.30. The van der Waals surface area contributed by atoms with E-state index < -0.39 is 5.91 Å². The van der Waals surface area contributed by atoms with Crippen molar-refractivity contribution >= 4 is 34.0 Å². The van der Waals surface area contributed by atoms with Gasteiger partial charge in [0.05, 0.1) is 35.0 Å². The van der Waals surface area contributed by atoms with Gasteiger partial charge in [-0.2, -0.15) is 5.26 Å². The Bertz CT molecular complexity index is 1380. The second-order valence-electron chi connectivity index (χ2n) is 6.98. The monoisotopic (exact) mass is 492 g/mol. The molecule has 0 radical (unpaired) electrons. The Morgan fingerprint density at radius 3 is 2.74 bits per heavy atom. The fourth-order valence-electron chi connectivity index (χ4n) is 3.06. The van der Waals surface area contributed by atoms with Gasteiger partial charge in [-0.25, -0.2) is 0 Å². The van der Waals surface area contributed by atoms with Crippen molar-refractivity contribution in [2.45, 2.75) is 13.5 Å². The maximum Gasteiger partial charge on any atom is 0.296 e. The average molecular weight is 493 g/mol. The SMILES string of the molecule is COc1ccc(C#N)cc1-c1cc(C)ncc1C(=O)Nc1nnc(OCc2ccc(Cl)cn2)s1. The zero-order valence-corrected chi connectivity index (χ0v) is 19.6. The number of anilines is 1. The van der Waals surface area contributed by atoms with Crippen LogP contribution in [-0.4, -0.2) is 33.2 Å². The van der Waals surface area contributed by atoms with Crippen LogP contribution in [-0.2, 0) is 6.61 Å². The number of pyridine rings is 2. The van der Waals surface area contributed by atoms with E-state index in [-0.39, 0.29) is 16.9 Å². The Kier molecular flexibility index (Phi) is 6.96. The molecule has 1 aromatic carbocycles. The summed E-state index contributed by atoms with van der Waals surface area (Å²) in [6, 6.07) is 12.3. The Balaban J connectivity index is 1.55. The topological polar surface area (TPSA) is 123 Å². The molecule has 0 fully saturated rings. The maximum atomic E-state index is 13.1. The molecule has 11 heteroatoms. The fourth-order valence-corrected chi connectivity index (χ4v) is 3.76. The number of halogens is 1. The summed E-state index contributed by atoms with van der Waals surface area (Å²) in [6.07, 6.45) is 3.00. The second kappa shape index (κ2) is 10.2. The lowest BCUT2D eigenvalue weighted by Gasteiger charge is -2.13. The molecule has 4 rings (SSSR count). The van der Waals surface area contributed by atoms with Gasteiger partial charge in [-0.05, 0) is 54.7 Å². The van der Waals surface area contributed by atoms with Gasteiger partial charge in [-0.1, -0.05) is 16.7 Å². The molecule has 9 nitrogen and oxygen atoms in total. The van der Waals surface area contributed by atoms with Gasteiger partial charge in [0.15, 0.2) is 0 Å². The molecule has 1 N–H and O–H groups in total. The highest BCUT2D eigenvalue weighted by molar-refractivity contribution is 7.17. The molecule has 1 amide bonds. The van der Waals surface area contributed by atoms with Crippen LogP contribution in [0, 0.1) is 18.3 Å². The van der Waals surface area contributed by atoms with Gasteiger partial charge >= 0.3 is 0 Å². The van der Waals surface area contributed by atoms with Crippen LogP contribution in [0.15, 0.2) is 48.8 Å². The lowest BCUT2D eigenvalue weighted by atomic mass is 9.97. The van der Waals surface area contributed by atoms with Crippen molar-refractivity contribution in [3.8, 4) is 28.1 Å². The minimum atomic E-state index is -0.436. The molecule has 0 bridgehead atoms. The van der Waals surface area contributed by atoms with E-state index in [0.29, 0.717) is 44.4 Å². The predicted molar refractivity (Wildman–Crippen MR) is 127 cm³/mol. The number of hydrogen-bond donors (Lipinski definition) is 1. The average Bonchev–Trinajstić information content (AvgIpc) is 3.30. The first-order chi connectivity index (χ1) is 16.5. The normalized spacial score (nSPS) is 10.4. The summed E-state index contributed by atoms with van der Waals surface area (Å²) < 4.78 is 11.0. The first-order valence-electron chi connectivity index (χ1n) is 9.90. The lowest BCUT2D eigenvalue weighted by Crippen LogP contribution is -2.14. The molecule has 3 heterocycles. The first kappa shape index (κ1) is 23.1. The molecule has 0 spiro atoms. The summed E-state index contributed by atoms with van der Waals surface area (Å²) in [4.78, 5) is 21.5. The summed E-state index contributed by atoms with van der Waals surface area (Å²) in [6.45, 7) is 2.00. The molecule has 0 aliphatic carbocycles. The van der Waals surface area contributed by atoms with Crippen LogP contribution >= 0.6 is 22.9 Å². The Morgan fingerprint density at radius 1 is 1.15 bits per heavy atom. The van der Waals surface area contributed by atoms with Crippen LogP contribution in [0.3, 0.4) is 0 Å². The van der Waals surface area contributed by atoms with Crippen molar-refractivity contribution in [2.75, 3.05) is 12.4 Å². The number of ether oxygens (including phenoxy) is 2. The smallest absolute Gasteiger partial charge is 0.296 e. The number of rotatable bonds is 7. The third-order valence-corrected chi connectivity index (χ3v) is 5.64. The van der Waals surface area contributed by atoms with Gasteiger partial charge in [0.2, 0.25) is 5.13 Å². The van der Waals surface area contributed by atoms with Crippen LogP contribution in [0.2, 0.25) is 5.02 Å². The molecule has 0 aliphatic heterocycles. The van der Waals surface area contributed by atoms with Crippen molar-refractivity contribution in [1.82, 2.24) is 20.2 Å². The van der Waals surface area contributed by atoms with E-state index in [0.717, 1.165) is 11.3 Å². The first-order valence-corrected chi connectivity index (χ1v) is 11.1. The van der Waals surface area contributed by atoms with E-state index in [1.165, 1.54) is 19.5 Å². The summed E-state index contributed by atoms with van der Waals surface area (Å²) in [5.74, 6) is 0.0926. The number of nitrogens with zero attached hydrogens (tertiary/aromatic N) is 5. The number of carbonyl (C=O) groups is 1. The minimum Gasteiger partial charge on any atom is -0.496 e. The van der Waals surface area contributed by atoms with Crippen molar-refractivity contribution in [1.29, 1.82) is 5.26 Å². The molecule has 3 aromatic heterocycles. The van der Waals surface area contributed by atoms with Crippen molar-refractivity contribution < 1.29 is 14.3 Å². The fraction of sp³-hybridized carbons (Fsp3) is 0.130. The van der Waals surface area contributed by atoms with Crippen LogP contribution in [0.1, 0.15) is 27.3 Å². The zero-order chi connectivity index (χ0) is 24.1. The molecular formula is C23H17ClN6O3S. The Labute approximate surface area is 204 Å². The van der Waals surface area contributed by atoms with E-state index in [2.05, 4.69) is 31.6 Å². The second-order valence-corrected chi connectivity index (χ2v) is 8.36. The number of amides is 1. The number of benzene rings is 1. The number of carbonyl (C=O) groups excluding carboxylic acids is 1. The van der Waals surface area contributed by atoms with Gasteiger partial charge < -0.3 is 9.47 Å². The third-order valence-electron chi connectivity index (χ3n) is 4.66. The Morgan fingerprint density at radius 2 is 2.00 bits per heavy atom. The van der Waals surface area contributed by atoms with E-state index in [1.807, 2.05) is 6.92 Å². The third kappa shape index (κ3) is 5.28. The van der Waals surface area contributed by atoms with E-state index in [4.69, 9.17) is 21.1 Å². The van der Waals surface area contributed by atoms with Crippen molar-refractivity contribution in [2.24, 2.45) is 0 Å². The van der Waals surface area contributed by atoms with Crippen LogP contribution in [0.25, 0.3) is 11.1 Å². The van der Waals surface area contributed by atoms with Crippen LogP contribution in [0.4, 0.5) is 5.13 Å². The van der Waals surface area contributed by atoms with Crippen molar-refractivity contribution in [3.05, 3.63) is 76.3 Å². The number of aromatic nitrogens is 4. The predicted octanol–water partition coefficient (Wildman–Crippen LogP) is 4.67. The van der Waals surface area contributed by atoms with Gasteiger partial charge in [0.1, 0.15) is 12.4 Å². The molecule has 170 valence electrons. The van der Waals surface area contributed by atoms with Crippen molar-refractivity contribution in [3.63, 3.8) is 0 Å². The number of nitriles is 1. The van der Waals surface area contributed by atoms with Gasteiger partial charge in [0.25, 0.3) is 11.1 Å². The van der Waals surface area contributed by atoms with E-state index in [1.54, 1.807) is 36.4 Å². The lowest BCUT2D eigenvalue weighted by molar-refractivity contribution is 0.102. The molecule has 34 heavy (non-hydrogen) atoms. The highest BCUT2D eigenvalue weighted by Crippen LogP contribution is 2.34. The van der Waals surface area contributed by atoms with Gasteiger partial charge in [-0.15, -0.1) is 5.10 Å². The summed E-state index contributed by atoms with van der Waals surface area (Å²) >= 11 is 6.91. The Hall–Kier alpha value is -4.07. The number of methoxy groups -OCH3 is 1. The number of nitrogens with one attached hydrogen (secondary N) is 1. The quantitative estimate of drug-likeness (QED) is 0.395. The number of aryl methyl sites for hydroxylation is 1. The zero-order valence-electron chi connectivity index (χ0n) is 18.1. The largest absolute Gasteiger partial charge is 0.496 e. The molecule has 0 unspecified atom stereocenters. The molecule has 0 saturated heterocycles. The molecule has 0 aliphatic rings. The minimum absolute atomic E-state index is 0.181. The van der Waals surface area contributed by atoms with Crippen LogP contribution < -0.4 is 14.8 Å². The van der Waals surface area contributed by atoms with Crippen LogP contribution in [0.5, 0.6) is 10.9 Å². The summed E-state index contributed by atoms with van der Waals surface area (Å²) in [7, 11) is 1.53. The molecule has 0 atom stereocenters. The standard InChI is InChI=1S/C23H17ClN6O3S/c1-13-7-17(18-8-14(9-25)3-6-20(18)32-2)19(11-26-13)21(31)28-22-29-30-23(34-22)33-12-16-5-4-15(24)10-27-16/h3-8,10-11H,12H2,1-2H3,(H,28,29,31). The highest BCUT2D eigenvalue weighted by atomic mass is 35.5. The van der Waals surface area contributed by atoms with E-state index >= 15 is 0 Å². The summed E-state index contributed by atoms with van der Waals surface area (Å²) in [5, 5.41) is 21.0. The maximum absolute atomic E-state index is 13.1. The van der Waals surface area contributed by atoms with Gasteiger partial charge in [-0.3, -0.25) is 20.1 Å². The number of hydrogen-bond acceptors (Lipinski definition) is 9. The highest BCUT2D eigenvalue weighted by Gasteiger charge is 2.19. The molecule has 0 saturated carbocycles. The molecular weight excluding hydrogens is 476 g/mol.